The van der Waals surface area contributed by atoms with Gasteiger partial charge in [-0.2, -0.15) is 5.10 Å². The van der Waals surface area contributed by atoms with Crippen LogP contribution in [0.25, 0.3) is 0 Å². The van der Waals surface area contributed by atoms with E-state index in [1.807, 2.05) is 13.0 Å². The molecule has 2 heterocycles. The van der Waals surface area contributed by atoms with E-state index >= 15 is 0 Å². The van der Waals surface area contributed by atoms with Crippen LogP contribution in [-0.2, 0) is 13.1 Å². The fraction of sp³-hybridized carbons (Fsp3) is 0.640. The molecule has 2 aromatic rings. The van der Waals surface area contributed by atoms with Crippen molar-refractivity contribution in [2.45, 2.75) is 90.6 Å². The van der Waals surface area contributed by atoms with Crippen molar-refractivity contribution >= 4 is 67.9 Å². The lowest BCUT2D eigenvalue weighted by molar-refractivity contribution is 0.251. The molecule has 9 heteroatoms. The summed E-state index contributed by atoms with van der Waals surface area (Å²) < 4.78 is 0. The van der Waals surface area contributed by atoms with Crippen LogP contribution < -0.4 is 5.32 Å². The predicted molar refractivity (Wildman–Crippen MR) is 159 cm³/mol. The van der Waals surface area contributed by atoms with Crippen LogP contribution in [-0.4, -0.2) is 28.2 Å². The summed E-state index contributed by atoms with van der Waals surface area (Å²) in [7, 11) is 0. The molecule has 0 spiro atoms. The van der Waals surface area contributed by atoms with Gasteiger partial charge in [0.1, 0.15) is 5.82 Å². The van der Waals surface area contributed by atoms with Crippen LogP contribution in [0.1, 0.15) is 87.4 Å². The number of benzene rings is 1. The Morgan fingerprint density at radius 2 is 1.15 bits per heavy atom. The largest absolute Gasteiger partial charge is 0.365 e. The number of anilines is 1. The molecule has 3 rings (SSSR count). The first-order chi connectivity index (χ1) is 14.3. The molecule has 4 nitrogen and oxygen atoms in total. The van der Waals surface area contributed by atoms with Gasteiger partial charge in [0, 0.05) is 24.8 Å². The molecule has 0 radical (unpaired) electrons. The number of nitrogens with zero attached hydrogens (tertiary/aromatic N) is 2. The molecule has 1 aromatic carbocycles. The van der Waals surface area contributed by atoms with Crippen molar-refractivity contribution in [2.75, 3.05) is 18.4 Å². The first kappa shape index (κ1) is 38.2. The van der Waals surface area contributed by atoms with Gasteiger partial charge >= 0.3 is 0 Å². The number of rotatable bonds is 5. The van der Waals surface area contributed by atoms with E-state index in [0.717, 1.165) is 24.6 Å². The third-order valence-corrected chi connectivity index (χ3v) is 6.06. The molecule has 34 heavy (non-hydrogen) atoms. The van der Waals surface area contributed by atoms with E-state index in [4.69, 9.17) is 0 Å². The SMILES string of the molecule is Cc1cc(NCc2ccc(CN3CCCCCCCCCCCCC3)cc2)n[nH]1.Cl.Cl.Cl.Cl.Cl. The average Bonchev–Trinajstić information content (AvgIpc) is 3.15. The summed E-state index contributed by atoms with van der Waals surface area (Å²) in [6, 6.07) is 11.2. The van der Waals surface area contributed by atoms with Crippen molar-refractivity contribution in [3.8, 4) is 0 Å². The van der Waals surface area contributed by atoms with Crippen LogP contribution in [0.5, 0.6) is 0 Å². The standard InChI is InChI=1S/C25H40N4.5ClH/c1-22-19-25(28-27-22)26-20-23-13-15-24(16-14-23)21-29-17-11-9-7-5-3-2-4-6-8-10-12-18-29;;;;;/h13-16,19H,2-12,17-18,20-21H2,1H3,(H2,26,27,28);5*1H. The van der Waals surface area contributed by atoms with Crippen molar-refractivity contribution in [2.24, 2.45) is 0 Å². The maximum Gasteiger partial charge on any atom is 0.148 e. The number of hydrogen-bond donors (Lipinski definition) is 2. The second-order valence-corrected chi connectivity index (χ2v) is 8.77. The van der Waals surface area contributed by atoms with Crippen LogP contribution in [0.3, 0.4) is 0 Å². The van der Waals surface area contributed by atoms with Gasteiger partial charge in [-0.25, -0.2) is 0 Å². The van der Waals surface area contributed by atoms with Gasteiger partial charge < -0.3 is 5.32 Å². The highest BCUT2D eigenvalue weighted by Gasteiger charge is 2.07. The quantitative estimate of drug-likeness (QED) is 0.374. The van der Waals surface area contributed by atoms with Gasteiger partial charge in [0.2, 0.25) is 0 Å². The smallest absolute Gasteiger partial charge is 0.148 e. The predicted octanol–water partition coefficient (Wildman–Crippen LogP) is 8.55. The Balaban J connectivity index is -0.00000192. The summed E-state index contributed by atoms with van der Waals surface area (Å²) in [4.78, 5) is 2.69. The monoisotopic (exact) mass is 576 g/mol. The van der Waals surface area contributed by atoms with Crippen molar-refractivity contribution in [3.63, 3.8) is 0 Å². The Morgan fingerprint density at radius 1 is 0.706 bits per heavy atom. The van der Waals surface area contributed by atoms with Gasteiger partial charge in [-0.15, -0.1) is 62.0 Å². The summed E-state index contributed by atoms with van der Waals surface area (Å²) in [6.07, 6.45) is 15.6. The number of halogens is 5. The maximum absolute atomic E-state index is 4.24. The molecule has 1 aromatic heterocycles. The van der Waals surface area contributed by atoms with Crippen LogP contribution >= 0.6 is 62.0 Å². The van der Waals surface area contributed by atoms with Crippen LogP contribution in [0.2, 0.25) is 0 Å². The minimum Gasteiger partial charge on any atom is -0.365 e. The van der Waals surface area contributed by atoms with Gasteiger partial charge in [0.25, 0.3) is 0 Å². The number of hydrogen-bond acceptors (Lipinski definition) is 3. The van der Waals surface area contributed by atoms with Crippen LogP contribution in [0, 0.1) is 6.92 Å². The average molecular weight is 579 g/mol. The van der Waals surface area contributed by atoms with Crippen LogP contribution in [0.4, 0.5) is 5.82 Å². The molecule has 1 saturated heterocycles. The maximum atomic E-state index is 4.24. The Morgan fingerprint density at radius 3 is 1.59 bits per heavy atom. The molecule has 2 N–H and O–H groups in total. The molecule has 200 valence electrons. The number of aryl methyl sites for hydroxylation is 1. The zero-order valence-corrected chi connectivity index (χ0v) is 24.5. The van der Waals surface area contributed by atoms with Gasteiger partial charge in [-0.3, -0.25) is 10.00 Å². The molecule has 0 amide bonds. The van der Waals surface area contributed by atoms with E-state index in [-0.39, 0.29) is 62.0 Å². The molecule has 0 bridgehead atoms. The second kappa shape index (κ2) is 23.1. The summed E-state index contributed by atoms with van der Waals surface area (Å²) in [6.45, 7) is 6.43. The van der Waals surface area contributed by atoms with Crippen molar-refractivity contribution in [1.29, 1.82) is 0 Å². The van der Waals surface area contributed by atoms with E-state index in [9.17, 15) is 0 Å². The van der Waals surface area contributed by atoms with E-state index < -0.39 is 0 Å². The first-order valence-corrected chi connectivity index (χ1v) is 11.9. The fourth-order valence-corrected chi connectivity index (χ4v) is 4.25. The minimum atomic E-state index is 0. The van der Waals surface area contributed by atoms with Crippen LogP contribution in [0.15, 0.2) is 30.3 Å². The van der Waals surface area contributed by atoms with Gasteiger partial charge in [0.15, 0.2) is 0 Å². The summed E-state index contributed by atoms with van der Waals surface area (Å²) in [5.41, 5.74) is 3.82. The van der Waals surface area contributed by atoms with E-state index in [1.54, 1.807) is 0 Å². The lowest BCUT2D eigenvalue weighted by atomic mass is 10.0. The summed E-state index contributed by atoms with van der Waals surface area (Å²) >= 11 is 0. The number of aromatic amines is 1. The highest BCUT2D eigenvalue weighted by atomic mass is 35.5. The second-order valence-electron chi connectivity index (χ2n) is 8.77. The molecule has 0 atom stereocenters. The van der Waals surface area contributed by atoms with Crippen molar-refractivity contribution in [3.05, 3.63) is 47.2 Å². The first-order valence-electron chi connectivity index (χ1n) is 11.9. The highest BCUT2D eigenvalue weighted by molar-refractivity contribution is 5.86. The van der Waals surface area contributed by atoms with Crippen molar-refractivity contribution < 1.29 is 0 Å². The molecule has 1 aliphatic rings. The third kappa shape index (κ3) is 15.6. The lowest BCUT2D eigenvalue weighted by Gasteiger charge is -2.23. The zero-order valence-electron chi connectivity index (χ0n) is 20.4. The summed E-state index contributed by atoms with van der Waals surface area (Å²) in [5, 5.41) is 10.6. The van der Waals surface area contributed by atoms with Crippen molar-refractivity contribution in [1.82, 2.24) is 15.1 Å². The summed E-state index contributed by atoms with van der Waals surface area (Å²) in [5.74, 6) is 0.914. The third-order valence-electron chi connectivity index (χ3n) is 6.06. The van der Waals surface area contributed by atoms with E-state index in [1.165, 1.54) is 94.8 Å². The fourth-order valence-electron chi connectivity index (χ4n) is 4.25. The van der Waals surface area contributed by atoms with E-state index in [2.05, 4.69) is 44.7 Å². The number of nitrogens with one attached hydrogen (secondary N) is 2. The van der Waals surface area contributed by atoms with Gasteiger partial charge in [-0.1, -0.05) is 82.1 Å². The number of aromatic nitrogens is 2. The Kier molecular flexibility index (Phi) is 25.9. The Labute approximate surface area is 238 Å². The van der Waals surface area contributed by atoms with Gasteiger partial charge in [-0.05, 0) is 44.0 Å². The molecule has 0 unspecified atom stereocenters. The molecule has 1 aliphatic heterocycles. The topological polar surface area (TPSA) is 44.0 Å². The molecular weight excluding hydrogens is 534 g/mol. The molecular formula is C25H45Cl5N4. The highest BCUT2D eigenvalue weighted by Crippen LogP contribution is 2.16. The molecule has 0 aliphatic carbocycles. The van der Waals surface area contributed by atoms with Gasteiger partial charge in [0.05, 0.1) is 0 Å². The minimum absolute atomic E-state index is 0. The Hall–Kier alpha value is -0.360. The molecule has 0 saturated carbocycles. The zero-order chi connectivity index (χ0) is 20.2. The van der Waals surface area contributed by atoms with E-state index in [0.29, 0.717) is 0 Å². The number of H-pyrrole nitrogens is 1. The Bertz CT molecular complexity index is 683. The lowest BCUT2D eigenvalue weighted by Crippen LogP contribution is -2.25. The normalized spacial score (nSPS) is 15.6. The molecule has 1 fully saturated rings.